The fourth-order valence-corrected chi connectivity index (χ4v) is 8.89. The number of hydrogen-bond acceptors (Lipinski definition) is 7. The first kappa shape index (κ1) is 29.1. The van der Waals surface area contributed by atoms with Crippen LogP contribution >= 0.6 is 34.9 Å². The minimum atomic E-state index is -1.15. The van der Waals surface area contributed by atoms with Crippen LogP contribution in [0.1, 0.15) is 16.0 Å². The number of carbonyl (C=O) groups is 3. The van der Waals surface area contributed by atoms with Gasteiger partial charge in [-0.15, -0.1) is 23.1 Å². The summed E-state index contributed by atoms with van der Waals surface area (Å²) in [4.78, 5) is 43.4. The maximum Gasteiger partial charge on any atom is 0.353 e. The van der Waals surface area contributed by atoms with Crippen LogP contribution in [0.25, 0.3) is 10.4 Å². The summed E-state index contributed by atoms with van der Waals surface area (Å²) >= 11 is 4.57. The largest absolute Gasteiger partial charge is 0.497 e. The van der Waals surface area contributed by atoms with Gasteiger partial charge in [-0.25, -0.2) is 4.79 Å². The fraction of sp³-hybridized carbons (Fsp3) is 0.182. The van der Waals surface area contributed by atoms with Crippen molar-refractivity contribution in [3.8, 4) is 16.2 Å². The Morgan fingerprint density at radius 3 is 2.47 bits per heavy atom. The zero-order valence-electron chi connectivity index (χ0n) is 23.2. The number of carboxylic acids is 1. The van der Waals surface area contributed by atoms with E-state index < -0.39 is 23.3 Å². The number of methoxy groups -OCH3 is 1. The van der Waals surface area contributed by atoms with Gasteiger partial charge in [-0.3, -0.25) is 14.5 Å². The first-order valence-electron chi connectivity index (χ1n) is 13.6. The number of β-lactam (4-membered cyclic amide) rings is 1. The second-order valence-corrected chi connectivity index (χ2v) is 13.5. The van der Waals surface area contributed by atoms with Crippen LogP contribution in [-0.4, -0.2) is 52.1 Å². The van der Waals surface area contributed by atoms with Crippen LogP contribution in [0.3, 0.4) is 0 Å². The number of nitrogens with one attached hydrogen (secondary N) is 1. The Hall–Kier alpha value is -3.99. The molecule has 4 aromatic rings. The summed E-state index contributed by atoms with van der Waals surface area (Å²) in [7, 11) is 1.65. The lowest BCUT2D eigenvalue weighted by Crippen LogP contribution is -2.70. The number of nitrogens with zero attached hydrogens (tertiary/aromatic N) is 1. The van der Waals surface area contributed by atoms with Crippen molar-refractivity contribution in [1.82, 2.24) is 10.2 Å². The summed E-state index contributed by atoms with van der Waals surface area (Å²) in [6.45, 7) is 0. The minimum Gasteiger partial charge on any atom is -0.497 e. The van der Waals surface area contributed by atoms with Crippen LogP contribution in [-0.2, 0) is 27.2 Å². The molecule has 2 aliphatic heterocycles. The number of ether oxygens (including phenoxy) is 1. The van der Waals surface area contributed by atoms with Crippen LogP contribution in [0.5, 0.6) is 5.75 Å². The topological polar surface area (TPSA) is 95.9 Å². The predicted octanol–water partition coefficient (Wildman–Crippen LogP) is 6.05. The first-order valence-corrected chi connectivity index (χ1v) is 16.3. The highest BCUT2D eigenvalue weighted by Gasteiger charge is 2.54. The number of rotatable bonds is 10. The highest BCUT2D eigenvalue weighted by molar-refractivity contribution is 8.06. The highest BCUT2D eigenvalue weighted by atomic mass is 32.2. The molecule has 1 aromatic heterocycles. The third kappa shape index (κ3) is 6.22. The number of thioether (sulfide) groups is 2. The normalized spacial score (nSPS) is 17.7. The van der Waals surface area contributed by atoms with E-state index in [0.717, 1.165) is 33.1 Å². The Labute approximate surface area is 262 Å². The van der Waals surface area contributed by atoms with Crippen molar-refractivity contribution in [3.05, 3.63) is 118 Å². The number of aliphatic carboxylic acids is 1. The molecule has 0 bridgehead atoms. The molecule has 2 N–H and O–H groups in total. The van der Waals surface area contributed by atoms with Crippen molar-refractivity contribution in [1.29, 1.82) is 0 Å². The molecular weight excluding hydrogens is 601 g/mol. The maximum atomic E-state index is 13.2. The molecule has 0 spiro atoms. The van der Waals surface area contributed by atoms with Crippen LogP contribution in [0.2, 0.25) is 0 Å². The molecular formula is C33H28N2O5S3. The molecule has 6 rings (SSSR count). The monoisotopic (exact) mass is 628 g/mol. The van der Waals surface area contributed by atoms with Gasteiger partial charge in [0.1, 0.15) is 22.9 Å². The van der Waals surface area contributed by atoms with E-state index in [-0.39, 0.29) is 18.0 Å². The Kier molecular flexibility index (Phi) is 8.60. The quantitative estimate of drug-likeness (QED) is 0.207. The van der Waals surface area contributed by atoms with E-state index in [2.05, 4.69) is 29.6 Å². The number of carboxylic acid groups (broad SMARTS) is 1. The third-order valence-corrected chi connectivity index (χ3v) is 11.0. The molecule has 2 aliphatic rings. The van der Waals surface area contributed by atoms with E-state index >= 15 is 0 Å². The number of hydrogen-bond donors (Lipinski definition) is 2. The average molecular weight is 629 g/mol. The Bertz CT molecular complexity index is 1700. The van der Waals surface area contributed by atoms with E-state index in [1.54, 1.807) is 18.4 Å². The first-order chi connectivity index (χ1) is 20.9. The standard InChI is InChI=1S/C33H28N2O5S3/c1-40-22-13-11-21(12-14-22)17-23-15-16-26(42-23)24-9-5-6-10-25(24)43-27-19-41-32-29(31(37)35(32)30(27)33(38)39)34-28(36)18-20-7-3-2-4-8-20/h2-16,29,32H,17-19H2,1H3,(H,34,36)(H,38,39)/t29-,32+/m1/s1. The molecule has 218 valence electrons. The van der Waals surface area contributed by atoms with Gasteiger partial charge in [-0.2, -0.15) is 0 Å². The molecule has 0 saturated carbocycles. The summed E-state index contributed by atoms with van der Waals surface area (Å²) in [5.41, 5.74) is 3.05. The number of carbonyl (C=O) groups excluding carboxylic acids is 2. The lowest BCUT2D eigenvalue weighted by Gasteiger charge is -2.49. The number of amides is 2. The summed E-state index contributed by atoms with van der Waals surface area (Å²) in [6, 6.07) is 28.8. The molecule has 2 amide bonds. The van der Waals surface area contributed by atoms with Crippen LogP contribution in [0.15, 0.2) is 106 Å². The van der Waals surface area contributed by atoms with Crippen LogP contribution in [0.4, 0.5) is 0 Å². The number of fused-ring (bicyclic) bond motifs is 1. The summed E-state index contributed by atoms with van der Waals surface area (Å²) in [5, 5.41) is 12.6. The molecule has 1 saturated heterocycles. The predicted molar refractivity (Wildman–Crippen MR) is 171 cm³/mol. The zero-order chi connectivity index (χ0) is 29.9. The SMILES string of the molecule is COc1ccc(Cc2ccc(-c3ccccc3SC3=C(C(=O)O)N4C(=O)[C@@H](NC(=O)Cc5ccccc5)[C@@H]4SC3)s2)cc1. The Balaban J connectivity index is 1.18. The molecule has 2 atom stereocenters. The molecule has 1 fully saturated rings. The molecule has 0 unspecified atom stereocenters. The van der Waals surface area contributed by atoms with Gasteiger partial charge in [0, 0.05) is 37.3 Å². The van der Waals surface area contributed by atoms with E-state index in [1.165, 1.54) is 38.9 Å². The molecule has 43 heavy (non-hydrogen) atoms. The fourth-order valence-electron chi connectivity index (χ4n) is 5.13. The van der Waals surface area contributed by atoms with Gasteiger partial charge in [-0.05, 0) is 41.5 Å². The van der Waals surface area contributed by atoms with Crippen LogP contribution in [0, 0.1) is 0 Å². The molecule has 10 heteroatoms. The van der Waals surface area contributed by atoms with Gasteiger partial charge in [0.15, 0.2) is 0 Å². The van der Waals surface area contributed by atoms with Crippen molar-refractivity contribution in [2.24, 2.45) is 0 Å². The smallest absolute Gasteiger partial charge is 0.353 e. The maximum absolute atomic E-state index is 13.2. The minimum absolute atomic E-state index is 0.00603. The van der Waals surface area contributed by atoms with Crippen molar-refractivity contribution in [2.45, 2.75) is 29.2 Å². The molecule has 3 aromatic carbocycles. The van der Waals surface area contributed by atoms with E-state index in [1.807, 2.05) is 66.7 Å². The lowest BCUT2D eigenvalue weighted by molar-refractivity contribution is -0.150. The summed E-state index contributed by atoms with van der Waals surface area (Å²) < 4.78 is 5.26. The van der Waals surface area contributed by atoms with Crippen LogP contribution < -0.4 is 10.1 Å². The molecule has 7 nitrogen and oxygen atoms in total. The average Bonchev–Trinajstić information content (AvgIpc) is 3.49. The van der Waals surface area contributed by atoms with E-state index in [0.29, 0.717) is 10.7 Å². The number of thiophene rings is 1. The number of benzene rings is 3. The van der Waals surface area contributed by atoms with Gasteiger partial charge in [0.2, 0.25) is 5.91 Å². The van der Waals surface area contributed by atoms with E-state index in [9.17, 15) is 19.5 Å². The summed E-state index contributed by atoms with van der Waals surface area (Å²) in [5.74, 6) is -0.559. The van der Waals surface area contributed by atoms with Crippen molar-refractivity contribution >= 4 is 52.6 Å². The van der Waals surface area contributed by atoms with Crippen molar-refractivity contribution in [3.63, 3.8) is 0 Å². The zero-order valence-corrected chi connectivity index (χ0v) is 25.6. The Morgan fingerprint density at radius 2 is 1.72 bits per heavy atom. The second-order valence-electron chi connectivity index (χ2n) is 10.1. The van der Waals surface area contributed by atoms with Crippen molar-refractivity contribution < 1.29 is 24.2 Å². The summed E-state index contributed by atoms with van der Waals surface area (Å²) in [6.07, 6.45) is 0.961. The van der Waals surface area contributed by atoms with Gasteiger partial charge in [0.05, 0.1) is 13.5 Å². The van der Waals surface area contributed by atoms with Gasteiger partial charge >= 0.3 is 5.97 Å². The van der Waals surface area contributed by atoms with Gasteiger partial charge in [-0.1, -0.05) is 72.4 Å². The molecule has 3 heterocycles. The van der Waals surface area contributed by atoms with Crippen molar-refractivity contribution in [2.75, 3.05) is 12.9 Å². The van der Waals surface area contributed by atoms with Gasteiger partial charge in [0.25, 0.3) is 5.91 Å². The van der Waals surface area contributed by atoms with Gasteiger partial charge < -0.3 is 15.2 Å². The molecule has 0 radical (unpaired) electrons. The second kappa shape index (κ2) is 12.7. The van der Waals surface area contributed by atoms with E-state index in [4.69, 9.17) is 4.74 Å². The Morgan fingerprint density at radius 1 is 0.977 bits per heavy atom. The third-order valence-electron chi connectivity index (χ3n) is 7.24. The highest BCUT2D eigenvalue weighted by Crippen LogP contribution is 2.47. The lowest BCUT2D eigenvalue weighted by atomic mass is 10.0. The molecule has 0 aliphatic carbocycles.